The van der Waals surface area contributed by atoms with Crippen molar-refractivity contribution in [3.8, 4) is 5.75 Å². The maximum atomic E-state index is 12.7. The first-order valence-electron chi connectivity index (χ1n) is 9.27. The van der Waals surface area contributed by atoms with Gasteiger partial charge < -0.3 is 24.3 Å². The Morgan fingerprint density at radius 1 is 1.07 bits per heavy atom. The van der Waals surface area contributed by atoms with Gasteiger partial charge in [-0.2, -0.15) is 0 Å². The number of likely N-dealkylation sites (N-methyl/N-ethyl adjacent to an activating group) is 1. The zero-order valence-electron chi connectivity index (χ0n) is 17.0. The first-order chi connectivity index (χ1) is 14.4. The highest BCUT2D eigenvalue weighted by Crippen LogP contribution is 2.22. The summed E-state index contributed by atoms with van der Waals surface area (Å²) in [6, 6.07) is 14.2. The zero-order chi connectivity index (χ0) is 21.7. The fraction of sp³-hybridized carbons (Fsp3) is 0.227. The summed E-state index contributed by atoms with van der Waals surface area (Å²) in [5, 5.41) is 3.45. The Morgan fingerprint density at radius 2 is 1.83 bits per heavy atom. The molecule has 0 unspecified atom stereocenters. The zero-order valence-corrected chi connectivity index (χ0v) is 17.0. The van der Waals surface area contributed by atoms with Crippen LogP contribution < -0.4 is 10.1 Å². The van der Waals surface area contributed by atoms with Crippen molar-refractivity contribution in [1.82, 2.24) is 9.47 Å². The van der Waals surface area contributed by atoms with Crippen molar-refractivity contribution < 1.29 is 23.9 Å². The summed E-state index contributed by atoms with van der Waals surface area (Å²) in [5.41, 5.74) is 1.71. The quantitative estimate of drug-likeness (QED) is 0.606. The van der Waals surface area contributed by atoms with Gasteiger partial charge in [-0.15, -0.1) is 0 Å². The van der Waals surface area contributed by atoms with Crippen molar-refractivity contribution in [1.29, 1.82) is 0 Å². The van der Waals surface area contributed by atoms with Gasteiger partial charge in [0.2, 0.25) is 11.8 Å². The first-order valence-corrected chi connectivity index (χ1v) is 9.27. The van der Waals surface area contributed by atoms with E-state index in [1.165, 1.54) is 12.0 Å². The predicted octanol–water partition coefficient (Wildman–Crippen LogP) is 2.53. The third-order valence-electron chi connectivity index (χ3n) is 4.66. The molecule has 2 amide bonds. The second-order valence-corrected chi connectivity index (χ2v) is 6.71. The minimum absolute atomic E-state index is 0.0134. The fourth-order valence-corrected chi connectivity index (χ4v) is 3.12. The number of amides is 2. The van der Waals surface area contributed by atoms with Crippen molar-refractivity contribution in [3.63, 3.8) is 0 Å². The van der Waals surface area contributed by atoms with Gasteiger partial charge in [0.05, 0.1) is 26.3 Å². The molecule has 0 spiro atoms. The molecule has 0 aliphatic carbocycles. The molecular weight excluding hydrogens is 386 g/mol. The van der Waals surface area contributed by atoms with Crippen LogP contribution in [0.3, 0.4) is 0 Å². The van der Waals surface area contributed by atoms with E-state index in [1.807, 2.05) is 18.2 Å². The first kappa shape index (κ1) is 20.9. The Morgan fingerprint density at radius 3 is 2.57 bits per heavy atom. The average Bonchev–Trinajstić information content (AvgIpc) is 3.11. The van der Waals surface area contributed by atoms with Crippen LogP contribution in [0.5, 0.6) is 5.75 Å². The smallest absolute Gasteiger partial charge is 0.340 e. The number of hydrogen-bond donors (Lipinski definition) is 1. The highest BCUT2D eigenvalue weighted by molar-refractivity contribution is 6.04. The van der Waals surface area contributed by atoms with Gasteiger partial charge in [0.15, 0.2) is 0 Å². The number of benzene rings is 2. The predicted molar refractivity (Wildman–Crippen MR) is 113 cm³/mol. The monoisotopic (exact) mass is 409 g/mol. The van der Waals surface area contributed by atoms with E-state index in [4.69, 9.17) is 9.47 Å². The molecule has 0 radical (unpaired) electrons. The SMILES string of the molecule is COC(=O)c1cn(CC(=O)N(C)CC(=O)Nc2cccc(OC)c2)c2ccccc12. The van der Waals surface area contributed by atoms with E-state index >= 15 is 0 Å². The number of carbonyl (C=O) groups is 3. The summed E-state index contributed by atoms with van der Waals surface area (Å²) in [6.07, 6.45) is 1.60. The van der Waals surface area contributed by atoms with Gasteiger partial charge in [0.25, 0.3) is 0 Å². The number of nitrogens with one attached hydrogen (secondary N) is 1. The summed E-state index contributed by atoms with van der Waals surface area (Å²) >= 11 is 0. The van der Waals surface area contributed by atoms with Crippen LogP contribution in [0.1, 0.15) is 10.4 Å². The molecule has 0 aliphatic heterocycles. The minimum Gasteiger partial charge on any atom is -0.497 e. The molecule has 8 nitrogen and oxygen atoms in total. The fourth-order valence-electron chi connectivity index (χ4n) is 3.12. The van der Waals surface area contributed by atoms with Gasteiger partial charge in [-0.3, -0.25) is 9.59 Å². The molecule has 0 bridgehead atoms. The van der Waals surface area contributed by atoms with E-state index in [9.17, 15) is 14.4 Å². The summed E-state index contributed by atoms with van der Waals surface area (Å²) in [6.45, 7) is -0.125. The lowest BCUT2D eigenvalue weighted by atomic mass is 10.2. The van der Waals surface area contributed by atoms with E-state index < -0.39 is 5.97 Å². The van der Waals surface area contributed by atoms with Crippen molar-refractivity contribution in [3.05, 3.63) is 60.3 Å². The Hall–Kier alpha value is -3.81. The highest BCUT2D eigenvalue weighted by Gasteiger charge is 2.19. The number of rotatable bonds is 7. The molecule has 1 heterocycles. The van der Waals surface area contributed by atoms with Crippen LogP contribution in [0.4, 0.5) is 5.69 Å². The minimum atomic E-state index is -0.469. The van der Waals surface area contributed by atoms with E-state index in [0.29, 0.717) is 22.4 Å². The number of nitrogens with zero attached hydrogens (tertiary/aromatic N) is 2. The van der Waals surface area contributed by atoms with E-state index in [0.717, 1.165) is 5.52 Å². The largest absolute Gasteiger partial charge is 0.497 e. The molecular formula is C22H23N3O5. The Kier molecular flexibility index (Phi) is 6.36. The topological polar surface area (TPSA) is 89.9 Å². The van der Waals surface area contributed by atoms with Crippen LogP contribution in [0.15, 0.2) is 54.7 Å². The third kappa shape index (κ3) is 4.60. The lowest BCUT2D eigenvalue weighted by Gasteiger charge is -2.17. The van der Waals surface area contributed by atoms with E-state index in [2.05, 4.69) is 5.32 Å². The van der Waals surface area contributed by atoms with Crippen molar-refractivity contribution in [2.75, 3.05) is 33.1 Å². The number of para-hydroxylation sites is 1. The lowest BCUT2D eigenvalue weighted by molar-refractivity contribution is -0.133. The molecule has 30 heavy (non-hydrogen) atoms. The van der Waals surface area contributed by atoms with Crippen LogP contribution in [-0.2, 0) is 20.9 Å². The molecule has 1 aromatic heterocycles. The molecule has 1 N–H and O–H groups in total. The van der Waals surface area contributed by atoms with Crippen LogP contribution in [-0.4, -0.2) is 55.1 Å². The van der Waals surface area contributed by atoms with E-state index in [1.54, 1.807) is 55.3 Å². The number of hydrogen-bond acceptors (Lipinski definition) is 5. The molecule has 3 rings (SSSR count). The molecule has 8 heteroatoms. The summed E-state index contributed by atoms with van der Waals surface area (Å²) < 4.78 is 11.6. The van der Waals surface area contributed by atoms with Crippen LogP contribution in [0.25, 0.3) is 10.9 Å². The van der Waals surface area contributed by atoms with Gasteiger partial charge in [-0.25, -0.2) is 4.79 Å². The maximum Gasteiger partial charge on any atom is 0.340 e. The maximum absolute atomic E-state index is 12.7. The van der Waals surface area contributed by atoms with Crippen LogP contribution >= 0.6 is 0 Å². The van der Waals surface area contributed by atoms with Crippen LogP contribution in [0.2, 0.25) is 0 Å². The summed E-state index contributed by atoms with van der Waals surface area (Å²) in [7, 11) is 4.42. The number of fused-ring (bicyclic) bond motifs is 1. The molecule has 3 aromatic rings. The van der Waals surface area contributed by atoms with Gasteiger partial charge in [-0.05, 0) is 18.2 Å². The Labute approximate surface area is 174 Å². The summed E-state index contributed by atoms with van der Waals surface area (Å²) in [5.74, 6) is -0.443. The normalized spacial score (nSPS) is 10.5. The molecule has 0 fully saturated rings. The summed E-state index contributed by atoms with van der Waals surface area (Å²) in [4.78, 5) is 38.4. The molecule has 156 valence electrons. The number of esters is 1. The highest BCUT2D eigenvalue weighted by atomic mass is 16.5. The molecule has 2 aromatic carbocycles. The standard InChI is InChI=1S/C22H23N3O5/c1-24(13-20(26)23-15-7-6-8-16(11-15)29-2)21(27)14-25-12-18(22(28)30-3)17-9-4-5-10-19(17)25/h4-12H,13-14H2,1-3H3,(H,23,26). The van der Waals surface area contributed by atoms with E-state index in [-0.39, 0.29) is 24.9 Å². The molecule has 0 aliphatic rings. The van der Waals surface area contributed by atoms with Gasteiger partial charge in [0.1, 0.15) is 12.3 Å². The number of aromatic nitrogens is 1. The number of methoxy groups -OCH3 is 2. The van der Waals surface area contributed by atoms with Crippen molar-refractivity contribution >= 4 is 34.4 Å². The number of anilines is 1. The number of ether oxygens (including phenoxy) is 2. The van der Waals surface area contributed by atoms with Crippen molar-refractivity contribution in [2.24, 2.45) is 0 Å². The molecule has 0 saturated heterocycles. The third-order valence-corrected chi connectivity index (χ3v) is 4.66. The second kappa shape index (κ2) is 9.13. The average molecular weight is 409 g/mol. The van der Waals surface area contributed by atoms with Gasteiger partial charge in [-0.1, -0.05) is 24.3 Å². The number of carbonyl (C=O) groups excluding carboxylic acids is 3. The Balaban J connectivity index is 1.68. The molecule has 0 atom stereocenters. The second-order valence-electron chi connectivity index (χ2n) is 6.71. The van der Waals surface area contributed by atoms with Gasteiger partial charge >= 0.3 is 5.97 Å². The van der Waals surface area contributed by atoms with Crippen molar-refractivity contribution in [2.45, 2.75) is 6.54 Å². The van der Waals surface area contributed by atoms with Gasteiger partial charge in [0, 0.05) is 35.9 Å². The molecule has 0 saturated carbocycles. The lowest BCUT2D eigenvalue weighted by Crippen LogP contribution is -2.36. The van der Waals surface area contributed by atoms with Crippen LogP contribution in [0, 0.1) is 0 Å². The Bertz CT molecular complexity index is 1090.